The summed E-state index contributed by atoms with van der Waals surface area (Å²) in [5.41, 5.74) is 3.21. The minimum absolute atomic E-state index is 0.230. The van der Waals surface area contributed by atoms with Crippen LogP contribution in [0.15, 0.2) is 52.9 Å². The number of nitrogens with one attached hydrogen (secondary N) is 2. The Balaban J connectivity index is 1.65. The van der Waals surface area contributed by atoms with Gasteiger partial charge in [0.2, 0.25) is 0 Å². The molecule has 0 radical (unpaired) electrons. The molecule has 1 aromatic heterocycles. The van der Waals surface area contributed by atoms with Gasteiger partial charge in [0, 0.05) is 18.2 Å². The second-order valence-electron chi connectivity index (χ2n) is 5.68. The summed E-state index contributed by atoms with van der Waals surface area (Å²) in [7, 11) is 0. The highest BCUT2D eigenvalue weighted by Crippen LogP contribution is 2.23. The van der Waals surface area contributed by atoms with Gasteiger partial charge in [-0.25, -0.2) is 9.78 Å². The van der Waals surface area contributed by atoms with Crippen LogP contribution in [0.3, 0.4) is 0 Å². The van der Waals surface area contributed by atoms with Crippen molar-refractivity contribution < 1.29 is 9.21 Å². The first-order valence-corrected chi connectivity index (χ1v) is 7.61. The van der Waals surface area contributed by atoms with E-state index in [2.05, 4.69) is 15.6 Å². The van der Waals surface area contributed by atoms with Gasteiger partial charge in [-0.1, -0.05) is 44.2 Å². The molecule has 2 N–H and O–H groups in total. The van der Waals surface area contributed by atoms with Crippen molar-refractivity contribution in [2.75, 3.05) is 5.32 Å². The molecule has 5 nitrogen and oxygen atoms in total. The van der Waals surface area contributed by atoms with E-state index in [9.17, 15) is 4.79 Å². The fourth-order valence-electron chi connectivity index (χ4n) is 2.22. The van der Waals surface area contributed by atoms with Crippen LogP contribution in [0.1, 0.15) is 31.2 Å². The average molecular weight is 309 g/mol. The van der Waals surface area contributed by atoms with Gasteiger partial charge >= 0.3 is 6.03 Å². The number of aromatic nitrogens is 1. The standard InChI is InChI=1S/C18H19N3O2/c1-12(2)17-21-15-10-14(8-9-16(15)23-17)20-18(22)19-11-13-6-4-3-5-7-13/h3-10,12H,11H2,1-2H3,(H2,19,20,22). The zero-order valence-corrected chi connectivity index (χ0v) is 13.2. The Morgan fingerprint density at radius 3 is 2.70 bits per heavy atom. The van der Waals surface area contributed by atoms with Crippen molar-refractivity contribution in [1.29, 1.82) is 0 Å². The molecule has 5 heteroatoms. The molecule has 2 amide bonds. The summed E-state index contributed by atoms with van der Waals surface area (Å²) < 4.78 is 5.66. The number of hydrogen-bond donors (Lipinski definition) is 2. The summed E-state index contributed by atoms with van der Waals surface area (Å²) in [5, 5.41) is 5.64. The molecule has 0 saturated carbocycles. The van der Waals surface area contributed by atoms with Crippen molar-refractivity contribution in [3.05, 3.63) is 60.0 Å². The van der Waals surface area contributed by atoms with Crippen LogP contribution in [0.5, 0.6) is 0 Å². The van der Waals surface area contributed by atoms with E-state index in [1.807, 2.05) is 56.3 Å². The lowest BCUT2D eigenvalue weighted by molar-refractivity contribution is 0.251. The lowest BCUT2D eigenvalue weighted by Crippen LogP contribution is -2.28. The van der Waals surface area contributed by atoms with Gasteiger partial charge in [0.05, 0.1) is 0 Å². The van der Waals surface area contributed by atoms with E-state index in [1.54, 1.807) is 6.07 Å². The number of anilines is 1. The first-order chi connectivity index (χ1) is 11.1. The van der Waals surface area contributed by atoms with Crippen molar-refractivity contribution in [2.45, 2.75) is 26.3 Å². The maximum atomic E-state index is 12.0. The van der Waals surface area contributed by atoms with Crippen LogP contribution in [0.4, 0.5) is 10.5 Å². The largest absolute Gasteiger partial charge is 0.440 e. The molecule has 0 aliphatic heterocycles. The van der Waals surface area contributed by atoms with Gasteiger partial charge in [0.1, 0.15) is 5.52 Å². The highest BCUT2D eigenvalue weighted by Gasteiger charge is 2.10. The van der Waals surface area contributed by atoms with Crippen molar-refractivity contribution in [1.82, 2.24) is 10.3 Å². The fourth-order valence-corrected chi connectivity index (χ4v) is 2.22. The third-order valence-electron chi connectivity index (χ3n) is 3.45. The van der Waals surface area contributed by atoms with Crippen LogP contribution in [-0.2, 0) is 6.54 Å². The number of carbonyl (C=O) groups is 1. The fraction of sp³-hybridized carbons (Fsp3) is 0.222. The molecule has 0 saturated heterocycles. The van der Waals surface area contributed by atoms with E-state index >= 15 is 0 Å². The minimum Gasteiger partial charge on any atom is -0.440 e. The summed E-state index contributed by atoms with van der Waals surface area (Å²) in [4.78, 5) is 16.4. The van der Waals surface area contributed by atoms with Crippen LogP contribution in [0.25, 0.3) is 11.1 Å². The Labute approximate surface area is 134 Å². The van der Waals surface area contributed by atoms with E-state index in [1.165, 1.54) is 0 Å². The molecule has 0 unspecified atom stereocenters. The van der Waals surface area contributed by atoms with Gasteiger partial charge in [0.25, 0.3) is 0 Å². The van der Waals surface area contributed by atoms with Gasteiger partial charge in [-0.2, -0.15) is 0 Å². The average Bonchev–Trinajstić information content (AvgIpc) is 2.97. The zero-order valence-electron chi connectivity index (χ0n) is 13.2. The van der Waals surface area contributed by atoms with Gasteiger partial charge < -0.3 is 15.1 Å². The van der Waals surface area contributed by atoms with E-state index in [0.717, 1.165) is 16.7 Å². The number of benzene rings is 2. The molecule has 0 aliphatic carbocycles. The third-order valence-corrected chi connectivity index (χ3v) is 3.45. The van der Waals surface area contributed by atoms with Crippen molar-refractivity contribution in [3.8, 4) is 0 Å². The Bertz CT molecular complexity index is 810. The Hall–Kier alpha value is -2.82. The molecular formula is C18H19N3O2. The summed E-state index contributed by atoms with van der Waals surface area (Å²) >= 11 is 0. The quantitative estimate of drug-likeness (QED) is 0.756. The first-order valence-electron chi connectivity index (χ1n) is 7.61. The van der Waals surface area contributed by atoms with Gasteiger partial charge in [-0.05, 0) is 23.8 Å². The van der Waals surface area contributed by atoms with Crippen LogP contribution in [0, 0.1) is 0 Å². The molecule has 3 aromatic rings. The van der Waals surface area contributed by atoms with Gasteiger partial charge in [-0.15, -0.1) is 0 Å². The topological polar surface area (TPSA) is 67.2 Å². The highest BCUT2D eigenvalue weighted by atomic mass is 16.3. The number of fused-ring (bicyclic) bond motifs is 1. The monoisotopic (exact) mass is 309 g/mol. The maximum absolute atomic E-state index is 12.0. The molecule has 0 aliphatic rings. The maximum Gasteiger partial charge on any atom is 0.319 e. The summed E-state index contributed by atoms with van der Waals surface area (Å²) in [5.74, 6) is 0.929. The van der Waals surface area contributed by atoms with E-state index < -0.39 is 0 Å². The molecule has 0 fully saturated rings. The van der Waals surface area contributed by atoms with Crippen molar-refractivity contribution in [2.24, 2.45) is 0 Å². The predicted octanol–water partition coefficient (Wildman–Crippen LogP) is 4.27. The van der Waals surface area contributed by atoms with Crippen molar-refractivity contribution in [3.63, 3.8) is 0 Å². The lowest BCUT2D eigenvalue weighted by Gasteiger charge is -2.07. The second-order valence-corrected chi connectivity index (χ2v) is 5.68. The summed E-state index contributed by atoms with van der Waals surface area (Å²) in [6, 6.07) is 15.0. The lowest BCUT2D eigenvalue weighted by atomic mass is 10.2. The molecule has 23 heavy (non-hydrogen) atoms. The number of urea groups is 1. The number of carbonyl (C=O) groups excluding carboxylic acids is 1. The van der Waals surface area contributed by atoms with E-state index in [0.29, 0.717) is 18.1 Å². The predicted molar refractivity (Wildman–Crippen MR) is 90.4 cm³/mol. The SMILES string of the molecule is CC(C)c1nc2cc(NC(=O)NCc3ccccc3)ccc2o1. The minimum atomic E-state index is -0.249. The Kier molecular flexibility index (Phi) is 4.28. The number of nitrogens with zero attached hydrogens (tertiary/aromatic N) is 1. The smallest absolute Gasteiger partial charge is 0.319 e. The normalized spacial score (nSPS) is 10.9. The molecule has 0 bridgehead atoms. The van der Waals surface area contributed by atoms with E-state index in [-0.39, 0.29) is 11.9 Å². The first kappa shape index (κ1) is 15.1. The van der Waals surface area contributed by atoms with Crippen LogP contribution in [-0.4, -0.2) is 11.0 Å². The number of rotatable bonds is 4. The Morgan fingerprint density at radius 2 is 1.96 bits per heavy atom. The molecule has 0 atom stereocenters. The molecule has 2 aromatic carbocycles. The second kappa shape index (κ2) is 6.52. The molecule has 118 valence electrons. The van der Waals surface area contributed by atoms with Gasteiger partial charge in [0.15, 0.2) is 11.5 Å². The number of oxazole rings is 1. The van der Waals surface area contributed by atoms with Crippen LogP contribution in [0.2, 0.25) is 0 Å². The number of amides is 2. The van der Waals surface area contributed by atoms with Crippen molar-refractivity contribution >= 4 is 22.8 Å². The van der Waals surface area contributed by atoms with Crippen LogP contribution >= 0.6 is 0 Å². The van der Waals surface area contributed by atoms with Gasteiger partial charge in [-0.3, -0.25) is 0 Å². The van der Waals surface area contributed by atoms with E-state index in [4.69, 9.17) is 4.42 Å². The molecule has 1 heterocycles. The summed E-state index contributed by atoms with van der Waals surface area (Å²) in [6.45, 7) is 4.54. The molecule has 3 rings (SSSR count). The Morgan fingerprint density at radius 1 is 1.17 bits per heavy atom. The van der Waals surface area contributed by atoms with Crippen LogP contribution < -0.4 is 10.6 Å². The zero-order chi connectivity index (χ0) is 16.2. The third kappa shape index (κ3) is 3.69. The number of hydrogen-bond acceptors (Lipinski definition) is 3. The molecular weight excluding hydrogens is 290 g/mol. The molecule has 0 spiro atoms. The summed E-state index contributed by atoms with van der Waals surface area (Å²) in [6.07, 6.45) is 0. The highest BCUT2D eigenvalue weighted by molar-refractivity contribution is 5.91.